The van der Waals surface area contributed by atoms with Gasteiger partial charge in [-0.15, -0.1) is 0 Å². The molecule has 0 radical (unpaired) electrons. The van der Waals surface area contributed by atoms with Crippen molar-refractivity contribution in [1.82, 2.24) is 35.1 Å². The maximum Gasteiger partial charge on any atom is 0.257 e. The molecule has 0 saturated carbocycles. The number of carbonyl (C=O) groups is 1. The van der Waals surface area contributed by atoms with Crippen LogP contribution in [0.5, 0.6) is 5.88 Å². The van der Waals surface area contributed by atoms with Crippen LogP contribution in [-0.2, 0) is 6.54 Å². The van der Waals surface area contributed by atoms with Crippen LogP contribution in [0.1, 0.15) is 28.8 Å². The van der Waals surface area contributed by atoms with Crippen LogP contribution in [0, 0.1) is 0 Å². The van der Waals surface area contributed by atoms with Crippen molar-refractivity contribution < 1.29 is 22.7 Å². The van der Waals surface area contributed by atoms with Gasteiger partial charge in [-0.1, -0.05) is 0 Å². The molecule has 0 aromatic carbocycles. The van der Waals surface area contributed by atoms with E-state index in [-0.39, 0.29) is 49.7 Å². The first-order valence-electron chi connectivity index (χ1n) is 11.7. The molecule has 2 atom stereocenters. The van der Waals surface area contributed by atoms with Crippen molar-refractivity contribution in [3.8, 4) is 17.1 Å². The van der Waals surface area contributed by atoms with Crippen LogP contribution in [0.2, 0.25) is 0 Å². The number of fused-ring (bicyclic) bond motifs is 1. The third-order valence-corrected chi connectivity index (χ3v) is 6.68. The average Bonchev–Trinajstić information content (AvgIpc) is 3.44. The summed E-state index contributed by atoms with van der Waals surface area (Å²) in [5, 5.41) is 9.93. The number of anilines is 1. The minimum atomic E-state index is -2.64. The molecule has 3 aromatic rings. The number of pyridine rings is 1. The van der Waals surface area contributed by atoms with Gasteiger partial charge in [-0.2, -0.15) is 5.10 Å². The van der Waals surface area contributed by atoms with E-state index in [2.05, 4.69) is 25.7 Å². The van der Waals surface area contributed by atoms with Crippen LogP contribution in [0.3, 0.4) is 0 Å². The van der Waals surface area contributed by atoms with E-state index in [1.165, 1.54) is 19.6 Å². The van der Waals surface area contributed by atoms with Gasteiger partial charge >= 0.3 is 0 Å². The number of ether oxygens (including phenoxy) is 1. The van der Waals surface area contributed by atoms with Crippen LogP contribution in [-0.4, -0.2) is 81.8 Å². The predicted octanol–water partition coefficient (Wildman–Crippen LogP) is 1.65. The van der Waals surface area contributed by atoms with Crippen LogP contribution in [0.25, 0.3) is 16.8 Å². The Bertz CT molecular complexity index is 1270. The molecule has 2 fully saturated rings. The van der Waals surface area contributed by atoms with E-state index >= 15 is 0 Å². The number of aromatic nitrogens is 4. The smallest absolute Gasteiger partial charge is 0.257 e. The molecule has 192 valence electrons. The molecule has 5 rings (SSSR count). The Balaban J connectivity index is 1.49. The summed E-state index contributed by atoms with van der Waals surface area (Å²) in [6.45, 7) is 1.41. The predicted molar refractivity (Wildman–Crippen MR) is 126 cm³/mol. The first-order valence-corrected chi connectivity index (χ1v) is 11.7. The Morgan fingerprint density at radius 1 is 1.28 bits per heavy atom. The summed E-state index contributed by atoms with van der Waals surface area (Å²) in [6, 6.07) is 2.79. The molecule has 0 spiro atoms. The molecule has 0 unspecified atom stereocenters. The second kappa shape index (κ2) is 9.54. The Kier molecular flexibility index (Phi) is 6.43. The number of piperidine rings is 1. The highest BCUT2D eigenvalue weighted by molar-refractivity contribution is 5.98. The maximum atomic E-state index is 14.0. The zero-order valence-electron chi connectivity index (χ0n) is 19.7. The number of nitrogen functional groups attached to an aromatic ring is 1. The first kappa shape index (κ1) is 24.3. The van der Waals surface area contributed by atoms with E-state index in [4.69, 9.17) is 10.5 Å². The Morgan fingerprint density at radius 3 is 2.75 bits per heavy atom. The van der Waals surface area contributed by atoms with Crippen molar-refractivity contribution in [2.75, 3.05) is 39.0 Å². The highest BCUT2D eigenvalue weighted by Crippen LogP contribution is 2.33. The van der Waals surface area contributed by atoms with E-state index in [0.717, 1.165) is 5.56 Å². The van der Waals surface area contributed by atoms with E-state index in [0.29, 0.717) is 29.9 Å². The second-order valence-electron chi connectivity index (χ2n) is 9.13. The molecule has 3 aromatic heterocycles. The molecule has 0 bridgehead atoms. The number of rotatable bonds is 6. The number of nitrogens with zero attached hydrogens (tertiary/aromatic N) is 5. The lowest BCUT2D eigenvalue weighted by Gasteiger charge is -2.31. The normalized spacial score (nSPS) is 22.1. The van der Waals surface area contributed by atoms with E-state index < -0.39 is 24.0 Å². The molecule has 0 aliphatic carbocycles. The van der Waals surface area contributed by atoms with Crippen LogP contribution in [0.15, 0.2) is 24.7 Å². The van der Waals surface area contributed by atoms with E-state index in [9.17, 15) is 18.0 Å². The number of nitrogens with two attached hydrogens (primary N) is 1. The number of hydrogen-bond donors (Lipinski definition) is 3. The van der Waals surface area contributed by atoms with Crippen molar-refractivity contribution >= 4 is 17.2 Å². The first-order chi connectivity index (χ1) is 17.3. The quantitative estimate of drug-likeness (QED) is 0.463. The standard InChI is InChI=1S/C23H27F3N8O2/c1-36-22-15(21(35)32-17-10-28-9-16(17)24)6-13(8-29-22)18-7-14(19-20(27)30-12-31-34(18)19)11-33-4-2-23(25,26)3-5-33/h6-8,12,16-17,28H,2-5,9-11H2,1H3,(H,32,35)(H2,27,30,31)/t16-,17+/m0/s1. The number of halogens is 3. The highest BCUT2D eigenvalue weighted by atomic mass is 19.3. The van der Waals surface area contributed by atoms with Gasteiger partial charge in [0, 0.05) is 57.3 Å². The van der Waals surface area contributed by atoms with Crippen molar-refractivity contribution in [1.29, 1.82) is 0 Å². The molecule has 2 saturated heterocycles. The van der Waals surface area contributed by atoms with Crippen molar-refractivity contribution in [2.24, 2.45) is 0 Å². The lowest BCUT2D eigenvalue weighted by molar-refractivity contribution is -0.0565. The van der Waals surface area contributed by atoms with Gasteiger partial charge in [0.25, 0.3) is 11.8 Å². The molecule has 1 amide bonds. The number of carbonyl (C=O) groups excluding carboxylic acids is 1. The number of nitrogens with one attached hydrogen (secondary N) is 2. The van der Waals surface area contributed by atoms with E-state index in [1.807, 2.05) is 11.0 Å². The summed E-state index contributed by atoms with van der Waals surface area (Å²) >= 11 is 0. The number of amides is 1. The van der Waals surface area contributed by atoms with Crippen molar-refractivity contribution in [3.05, 3.63) is 35.8 Å². The molecule has 2 aliphatic heterocycles. The number of hydrogen-bond acceptors (Lipinski definition) is 8. The molecule has 13 heteroatoms. The number of methoxy groups -OCH3 is 1. The fourth-order valence-electron chi connectivity index (χ4n) is 4.70. The topological polar surface area (TPSA) is 123 Å². The maximum absolute atomic E-state index is 14.0. The third-order valence-electron chi connectivity index (χ3n) is 6.68. The third kappa shape index (κ3) is 4.67. The largest absolute Gasteiger partial charge is 0.480 e. The van der Waals surface area contributed by atoms with Gasteiger partial charge in [0.1, 0.15) is 23.6 Å². The minimum absolute atomic E-state index is 0.0992. The second-order valence-corrected chi connectivity index (χ2v) is 9.13. The Labute approximate surface area is 205 Å². The van der Waals surface area contributed by atoms with E-state index in [1.54, 1.807) is 10.6 Å². The molecule has 5 heterocycles. The molecule has 2 aliphatic rings. The van der Waals surface area contributed by atoms with Gasteiger partial charge in [-0.25, -0.2) is 27.7 Å². The summed E-state index contributed by atoms with van der Waals surface area (Å²) in [5.74, 6) is -2.81. The van der Waals surface area contributed by atoms with Crippen molar-refractivity contribution in [3.63, 3.8) is 0 Å². The van der Waals surface area contributed by atoms with Gasteiger partial charge in [0.2, 0.25) is 5.88 Å². The van der Waals surface area contributed by atoms with Crippen LogP contribution in [0.4, 0.5) is 19.0 Å². The lowest BCUT2D eigenvalue weighted by Crippen LogP contribution is -2.41. The Hall–Kier alpha value is -3.45. The zero-order valence-corrected chi connectivity index (χ0v) is 19.7. The zero-order chi connectivity index (χ0) is 25.4. The van der Waals surface area contributed by atoms with Crippen LogP contribution < -0.4 is 21.1 Å². The highest BCUT2D eigenvalue weighted by Gasteiger charge is 2.34. The summed E-state index contributed by atoms with van der Waals surface area (Å²) in [6.07, 6.45) is 1.26. The van der Waals surface area contributed by atoms with Gasteiger partial charge in [-0.05, 0) is 17.7 Å². The fraction of sp³-hybridized carbons (Fsp3) is 0.478. The van der Waals surface area contributed by atoms with Gasteiger partial charge in [0.15, 0.2) is 5.82 Å². The summed E-state index contributed by atoms with van der Waals surface area (Å²) in [5.41, 5.74) is 8.78. The SMILES string of the molecule is COc1ncc(-c2cc(CN3CCC(F)(F)CC3)c3c(N)ncnn23)cc1C(=O)N[C@@H]1CNC[C@@H]1F. The molecule has 10 nitrogen and oxygen atoms in total. The monoisotopic (exact) mass is 504 g/mol. The molecular formula is C23H27F3N8O2. The number of likely N-dealkylation sites (tertiary alicyclic amines) is 1. The van der Waals surface area contributed by atoms with Crippen molar-refractivity contribution in [2.45, 2.75) is 37.5 Å². The molecule has 36 heavy (non-hydrogen) atoms. The lowest BCUT2D eigenvalue weighted by atomic mass is 10.1. The minimum Gasteiger partial charge on any atom is -0.480 e. The van der Waals surface area contributed by atoms with Gasteiger partial charge < -0.3 is 21.1 Å². The molecule has 4 N–H and O–H groups in total. The summed E-state index contributed by atoms with van der Waals surface area (Å²) in [4.78, 5) is 23.3. The van der Waals surface area contributed by atoms with Crippen LogP contribution >= 0.6 is 0 Å². The number of alkyl halides is 3. The van der Waals surface area contributed by atoms with Gasteiger partial charge in [0.05, 0.1) is 18.8 Å². The fourth-order valence-corrected chi connectivity index (χ4v) is 4.70. The van der Waals surface area contributed by atoms with Gasteiger partial charge in [-0.3, -0.25) is 9.69 Å². The Morgan fingerprint density at radius 2 is 2.06 bits per heavy atom. The summed E-state index contributed by atoms with van der Waals surface area (Å²) < 4.78 is 48.2. The molecular weight excluding hydrogens is 477 g/mol. The summed E-state index contributed by atoms with van der Waals surface area (Å²) in [7, 11) is 1.40. The average molecular weight is 505 g/mol.